The fourth-order valence-corrected chi connectivity index (χ4v) is 1.17. The second kappa shape index (κ2) is 10.4. The zero-order chi connectivity index (χ0) is 15.4. The molecule has 0 aromatic rings. The third-order valence-corrected chi connectivity index (χ3v) is 2.49. The quantitative estimate of drug-likeness (QED) is 0.384. The van der Waals surface area contributed by atoms with Crippen LogP contribution in [-0.2, 0) is 14.3 Å². The number of rotatable bonds is 11. The second-order valence-corrected chi connectivity index (χ2v) is 4.50. The Hall–Kier alpha value is -1.38. The van der Waals surface area contributed by atoms with Crippen LogP contribution < -0.4 is 10.6 Å². The molecule has 0 rings (SSSR count). The van der Waals surface area contributed by atoms with Crippen LogP contribution in [0.2, 0.25) is 0 Å². The molecule has 1 atom stereocenters. The zero-order valence-electron chi connectivity index (χ0n) is 12.0. The molecule has 0 aliphatic heterocycles. The molecule has 0 spiro atoms. The van der Waals surface area contributed by atoms with E-state index in [-0.39, 0.29) is 6.54 Å². The van der Waals surface area contributed by atoms with E-state index < -0.39 is 17.6 Å². The van der Waals surface area contributed by atoms with Crippen molar-refractivity contribution in [2.75, 3.05) is 40.0 Å². The summed E-state index contributed by atoms with van der Waals surface area (Å²) in [5, 5.41) is 22.9. The summed E-state index contributed by atoms with van der Waals surface area (Å²) in [5.41, 5.74) is -1.97. The number of nitrogens with one attached hydrogen (secondary N) is 2. The van der Waals surface area contributed by atoms with Gasteiger partial charge < -0.3 is 30.3 Å². The Morgan fingerprint density at radius 2 is 1.85 bits per heavy atom. The maximum absolute atomic E-state index is 11.3. The number of hydrogen-bond acceptors (Lipinski definition) is 5. The number of unbranched alkanes of at least 4 members (excludes halogenated alkanes) is 1. The third kappa shape index (κ3) is 9.54. The van der Waals surface area contributed by atoms with Gasteiger partial charge in [-0.25, -0.2) is 9.59 Å². The van der Waals surface area contributed by atoms with Crippen molar-refractivity contribution in [2.24, 2.45) is 0 Å². The fourth-order valence-electron chi connectivity index (χ4n) is 1.17. The highest BCUT2D eigenvalue weighted by atomic mass is 16.5. The van der Waals surface area contributed by atoms with Gasteiger partial charge in [-0.2, -0.15) is 0 Å². The van der Waals surface area contributed by atoms with E-state index in [1.165, 1.54) is 0 Å². The topological polar surface area (TPSA) is 117 Å². The molecule has 2 amide bonds. The molecule has 0 aromatic heterocycles. The minimum Gasteiger partial charge on any atom is -0.479 e. The van der Waals surface area contributed by atoms with Gasteiger partial charge in [-0.05, 0) is 19.8 Å². The normalized spacial score (nSPS) is 13.6. The van der Waals surface area contributed by atoms with Gasteiger partial charge in [0.05, 0.1) is 19.8 Å². The Morgan fingerprint density at radius 3 is 2.45 bits per heavy atom. The third-order valence-electron chi connectivity index (χ3n) is 2.49. The predicted molar refractivity (Wildman–Crippen MR) is 71.6 cm³/mol. The number of carbonyl (C=O) groups is 2. The molecule has 118 valence electrons. The van der Waals surface area contributed by atoms with Crippen LogP contribution in [0, 0.1) is 0 Å². The average molecular weight is 292 g/mol. The van der Waals surface area contributed by atoms with E-state index in [1.54, 1.807) is 7.11 Å². The zero-order valence-corrected chi connectivity index (χ0v) is 12.0. The number of methoxy groups -OCH3 is 1. The first-order valence-electron chi connectivity index (χ1n) is 6.44. The van der Waals surface area contributed by atoms with E-state index in [0.29, 0.717) is 26.4 Å². The van der Waals surface area contributed by atoms with Crippen LogP contribution in [0.4, 0.5) is 4.79 Å². The van der Waals surface area contributed by atoms with E-state index in [9.17, 15) is 14.7 Å². The first-order chi connectivity index (χ1) is 9.40. The van der Waals surface area contributed by atoms with Crippen LogP contribution in [-0.4, -0.2) is 67.8 Å². The molecule has 0 saturated heterocycles. The van der Waals surface area contributed by atoms with Gasteiger partial charge in [-0.3, -0.25) is 0 Å². The smallest absolute Gasteiger partial charge is 0.337 e. The maximum Gasteiger partial charge on any atom is 0.337 e. The lowest BCUT2D eigenvalue weighted by molar-refractivity contribution is -0.155. The van der Waals surface area contributed by atoms with Gasteiger partial charge in [0.25, 0.3) is 0 Å². The standard InChI is InChI=1S/C12H24N2O6/c1-12(18,10(15)16)9-14-11(17)13-5-3-4-6-20-8-7-19-2/h18H,3-9H2,1-2H3,(H,15,16)(H2,13,14,17). The van der Waals surface area contributed by atoms with Crippen molar-refractivity contribution < 1.29 is 29.3 Å². The minimum absolute atomic E-state index is 0.353. The maximum atomic E-state index is 11.3. The largest absolute Gasteiger partial charge is 0.479 e. The molecule has 8 heteroatoms. The molecular formula is C12H24N2O6. The average Bonchev–Trinajstić information content (AvgIpc) is 2.39. The van der Waals surface area contributed by atoms with E-state index in [0.717, 1.165) is 19.8 Å². The van der Waals surface area contributed by atoms with Crippen molar-refractivity contribution >= 4 is 12.0 Å². The summed E-state index contributed by atoms with van der Waals surface area (Å²) in [5.74, 6) is -1.38. The number of aliphatic hydroxyl groups is 1. The molecule has 0 aromatic carbocycles. The Balaban J connectivity index is 3.48. The molecule has 20 heavy (non-hydrogen) atoms. The summed E-state index contributed by atoms with van der Waals surface area (Å²) >= 11 is 0. The van der Waals surface area contributed by atoms with Crippen molar-refractivity contribution in [2.45, 2.75) is 25.4 Å². The van der Waals surface area contributed by atoms with Crippen LogP contribution in [0.25, 0.3) is 0 Å². The van der Waals surface area contributed by atoms with Gasteiger partial charge in [-0.15, -0.1) is 0 Å². The molecule has 0 bridgehead atoms. The SMILES string of the molecule is COCCOCCCCNC(=O)NCC(C)(O)C(=O)O. The molecule has 4 N–H and O–H groups in total. The minimum atomic E-state index is -1.97. The van der Waals surface area contributed by atoms with Crippen molar-refractivity contribution in [1.82, 2.24) is 10.6 Å². The van der Waals surface area contributed by atoms with Crippen molar-refractivity contribution in [3.63, 3.8) is 0 Å². The first kappa shape index (κ1) is 18.6. The summed E-state index contributed by atoms with van der Waals surface area (Å²) in [6, 6.07) is -0.508. The molecule has 0 saturated carbocycles. The molecule has 0 aliphatic carbocycles. The molecule has 8 nitrogen and oxygen atoms in total. The second-order valence-electron chi connectivity index (χ2n) is 4.50. The van der Waals surface area contributed by atoms with Gasteiger partial charge in [0, 0.05) is 20.3 Å². The molecule has 0 aliphatic rings. The molecule has 1 unspecified atom stereocenters. The van der Waals surface area contributed by atoms with E-state index in [4.69, 9.17) is 14.6 Å². The summed E-state index contributed by atoms with van der Waals surface area (Å²) < 4.78 is 10.1. The van der Waals surface area contributed by atoms with Gasteiger partial charge in [-0.1, -0.05) is 0 Å². The van der Waals surface area contributed by atoms with Gasteiger partial charge >= 0.3 is 12.0 Å². The molecule has 0 fully saturated rings. The van der Waals surface area contributed by atoms with E-state index in [1.807, 2.05) is 0 Å². The van der Waals surface area contributed by atoms with E-state index >= 15 is 0 Å². The highest BCUT2D eigenvalue weighted by Gasteiger charge is 2.30. The van der Waals surface area contributed by atoms with Gasteiger partial charge in [0.2, 0.25) is 0 Å². The Kier molecular flexibility index (Phi) is 9.69. The monoisotopic (exact) mass is 292 g/mol. The number of carbonyl (C=O) groups excluding carboxylic acids is 1. The van der Waals surface area contributed by atoms with Crippen LogP contribution in [0.1, 0.15) is 19.8 Å². The summed E-state index contributed by atoms with van der Waals surface area (Å²) in [6.07, 6.45) is 1.55. The van der Waals surface area contributed by atoms with Crippen molar-refractivity contribution in [3.05, 3.63) is 0 Å². The number of carboxylic acids is 1. The number of hydrogen-bond donors (Lipinski definition) is 4. The number of carboxylic acid groups (broad SMARTS) is 1. The number of urea groups is 1. The lowest BCUT2D eigenvalue weighted by atomic mass is 10.1. The van der Waals surface area contributed by atoms with Crippen molar-refractivity contribution in [3.8, 4) is 0 Å². The lowest BCUT2D eigenvalue weighted by Gasteiger charge is -2.18. The summed E-state index contributed by atoms with van der Waals surface area (Å²) in [4.78, 5) is 21.9. The Bertz CT molecular complexity index is 296. The van der Waals surface area contributed by atoms with Gasteiger partial charge in [0.15, 0.2) is 5.60 Å². The van der Waals surface area contributed by atoms with Crippen LogP contribution in [0.15, 0.2) is 0 Å². The lowest BCUT2D eigenvalue weighted by Crippen LogP contribution is -2.49. The summed E-state index contributed by atoms with van der Waals surface area (Å²) in [6.45, 7) is 2.93. The predicted octanol–water partition coefficient (Wildman–Crippen LogP) is -0.436. The molecule has 0 radical (unpaired) electrons. The highest BCUT2D eigenvalue weighted by molar-refractivity contribution is 5.79. The summed E-state index contributed by atoms with van der Waals surface area (Å²) in [7, 11) is 1.60. The molecule has 0 heterocycles. The number of ether oxygens (including phenoxy) is 2. The van der Waals surface area contributed by atoms with Gasteiger partial charge in [0.1, 0.15) is 0 Å². The Morgan fingerprint density at radius 1 is 1.15 bits per heavy atom. The first-order valence-corrected chi connectivity index (χ1v) is 6.44. The fraction of sp³-hybridized carbons (Fsp3) is 0.833. The Labute approximate surface area is 118 Å². The highest BCUT2D eigenvalue weighted by Crippen LogP contribution is 2.00. The van der Waals surface area contributed by atoms with Crippen LogP contribution >= 0.6 is 0 Å². The number of amides is 2. The molecular weight excluding hydrogens is 268 g/mol. The van der Waals surface area contributed by atoms with Crippen LogP contribution in [0.5, 0.6) is 0 Å². The van der Waals surface area contributed by atoms with Crippen LogP contribution in [0.3, 0.4) is 0 Å². The number of aliphatic carboxylic acids is 1. The van der Waals surface area contributed by atoms with Crippen molar-refractivity contribution in [1.29, 1.82) is 0 Å². The van der Waals surface area contributed by atoms with E-state index in [2.05, 4.69) is 10.6 Å².